The Morgan fingerprint density at radius 3 is 2.83 bits per heavy atom. The van der Waals surface area contributed by atoms with Crippen LogP contribution in [0, 0.1) is 35.5 Å². The maximum Gasteiger partial charge on any atom is 0.226 e. The molecule has 6 atom stereocenters. The number of anilines is 2. The predicted molar refractivity (Wildman–Crippen MR) is 143 cm³/mol. The standard InChI is InChI=1S/C28H37N3O4S/c1-8-13-31(5)26(33)16(2)19-11-12-28(4)15-22-24(17(3)23(28)25(19)32)30-27(36-22)29-20-14-18(34-6)9-10-21(20)35-7/h1,9-10,14,16-17,19,23,25,32H,11-13,15H2,2-7H3,(H,29,30). The molecule has 6 unspecified atom stereocenters. The first-order valence-corrected chi connectivity index (χ1v) is 13.3. The van der Waals surface area contributed by atoms with E-state index in [9.17, 15) is 9.90 Å². The highest BCUT2D eigenvalue weighted by molar-refractivity contribution is 7.15. The van der Waals surface area contributed by atoms with Crippen molar-refractivity contribution in [2.24, 2.45) is 23.2 Å². The summed E-state index contributed by atoms with van der Waals surface area (Å²) in [4.78, 5) is 20.8. The number of benzene rings is 1. The van der Waals surface area contributed by atoms with Crippen LogP contribution in [0.25, 0.3) is 0 Å². The van der Waals surface area contributed by atoms with Crippen LogP contribution in [0.15, 0.2) is 18.2 Å². The zero-order chi connectivity index (χ0) is 26.2. The van der Waals surface area contributed by atoms with E-state index in [4.69, 9.17) is 20.9 Å². The van der Waals surface area contributed by atoms with E-state index in [0.717, 1.165) is 41.5 Å². The smallest absolute Gasteiger partial charge is 0.226 e. The molecule has 1 aromatic heterocycles. The number of methoxy groups -OCH3 is 2. The van der Waals surface area contributed by atoms with Crippen LogP contribution in [-0.4, -0.2) is 54.8 Å². The second kappa shape index (κ2) is 10.3. The maximum atomic E-state index is 13.0. The van der Waals surface area contributed by atoms with Crippen molar-refractivity contribution in [1.29, 1.82) is 0 Å². The Hall–Kier alpha value is -2.76. The number of thiazole rings is 1. The Morgan fingerprint density at radius 2 is 2.17 bits per heavy atom. The summed E-state index contributed by atoms with van der Waals surface area (Å²) >= 11 is 1.66. The zero-order valence-electron chi connectivity index (χ0n) is 22.0. The minimum absolute atomic E-state index is 0.00265. The Kier molecular flexibility index (Phi) is 7.53. The largest absolute Gasteiger partial charge is 0.497 e. The average molecular weight is 512 g/mol. The second-order valence-electron chi connectivity index (χ2n) is 10.5. The molecule has 194 valence electrons. The molecule has 4 rings (SSSR count). The summed E-state index contributed by atoms with van der Waals surface area (Å²) in [6.07, 6.45) is 7.47. The molecular weight excluding hydrogens is 474 g/mol. The van der Waals surface area contributed by atoms with Crippen LogP contribution in [0.3, 0.4) is 0 Å². The van der Waals surface area contributed by atoms with E-state index in [1.807, 2.05) is 25.1 Å². The van der Waals surface area contributed by atoms with Gasteiger partial charge in [-0.15, -0.1) is 17.8 Å². The predicted octanol–water partition coefficient (Wildman–Crippen LogP) is 4.68. The molecule has 8 heteroatoms. The van der Waals surface area contributed by atoms with Crippen molar-refractivity contribution in [3.05, 3.63) is 28.8 Å². The van der Waals surface area contributed by atoms with Gasteiger partial charge in [0.15, 0.2) is 5.13 Å². The van der Waals surface area contributed by atoms with Crippen molar-refractivity contribution in [1.82, 2.24) is 9.88 Å². The first-order valence-electron chi connectivity index (χ1n) is 12.5. The molecule has 2 aliphatic rings. The van der Waals surface area contributed by atoms with E-state index >= 15 is 0 Å². The molecule has 0 spiro atoms. The van der Waals surface area contributed by atoms with Crippen LogP contribution < -0.4 is 14.8 Å². The second-order valence-corrected chi connectivity index (χ2v) is 11.6. The van der Waals surface area contributed by atoms with Crippen LogP contribution in [0.1, 0.15) is 50.1 Å². The highest BCUT2D eigenvalue weighted by Crippen LogP contribution is 2.57. The van der Waals surface area contributed by atoms with Crippen molar-refractivity contribution in [3.8, 4) is 23.8 Å². The van der Waals surface area contributed by atoms with Crippen LogP contribution in [0.2, 0.25) is 0 Å². The molecule has 1 heterocycles. The summed E-state index contributed by atoms with van der Waals surface area (Å²) in [6, 6.07) is 5.62. The number of hydrogen-bond donors (Lipinski definition) is 2. The van der Waals surface area contributed by atoms with Crippen molar-refractivity contribution in [2.75, 3.05) is 33.1 Å². The van der Waals surface area contributed by atoms with Gasteiger partial charge in [-0.3, -0.25) is 4.79 Å². The van der Waals surface area contributed by atoms with Crippen molar-refractivity contribution in [2.45, 2.75) is 52.1 Å². The molecule has 7 nitrogen and oxygen atoms in total. The van der Waals surface area contributed by atoms with Crippen molar-refractivity contribution >= 4 is 28.1 Å². The number of ether oxygens (including phenoxy) is 2. The minimum atomic E-state index is -0.582. The van der Waals surface area contributed by atoms with E-state index in [1.165, 1.54) is 4.88 Å². The lowest BCUT2D eigenvalue weighted by molar-refractivity contribution is -0.142. The first kappa shape index (κ1) is 26.3. The zero-order valence-corrected chi connectivity index (χ0v) is 22.8. The van der Waals surface area contributed by atoms with Crippen LogP contribution in [-0.2, 0) is 11.2 Å². The van der Waals surface area contributed by atoms with Crippen LogP contribution >= 0.6 is 11.3 Å². The van der Waals surface area contributed by atoms with Gasteiger partial charge in [-0.1, -0.05) is 26.7 Å². The molecule has 1 amide bonds. The van der Waals surface area contributed by atoms with Gasteiger partial charge in [-0.2, -0.15) is 0 Å². The number of hydrogen-bond acceptors (Lipinski definition) is 7. The number of aliphatic hydroxyl groups excluding tert-OH is 1. The molecule has 36 heavy (non-hydrogen) atoms. The number of carbonyl (C=O) groups is 1. The summed E-state index contributed by atoms with van der Waals surface area (Å²) in [5, 5.41) is 15.9. The van der Waals surface area contributed by atoms with Gasteiger partial charge < -0.3 is 24.8 Å². The summed E-state index contributed by atoms with van der Waals surface area (Å²) in [5.74, 6) is 3.69. The molecule has 0 bridgehead atoms. The summed E-state index contributed by atoms with van der Waals surface area (Å²) < 4.78 is 10.9. The lowest BCUT2D eigenvalue weighted by atomic mass is 9.53. The number of nitrogens with zero attached hydrogens (tertiary/aromatic N) is 2. The normalized spacial score (nSPS) is 27.7. The summed E-state index contributed by atoms with van der Waals surface area (Å²) in [5.41, 5.74) is 1.78. The van der Waals surface area contributed by atoms with E-state index in [2.05, 4.69) is 25.1 Å². The van der Waals surface area contributed by atoms with Gasteiger partial charge in [0.2, 0.25) is 5.91 Å². The van der Waals surface area contributed by atoms with Gasteiger partial charge in [0.25, 0.3) is 0 Å². The molecule has 0 radical (unpaired) electrons. The molecular formula is C28H37N3O4S. The molecule has 2 N–H and O–H groups in total. The molecule has 1 aromatic carbocycles. The van der Waals surface area contributed by atoms with Gasteiger partial charge in [-0.05, 0) is 48.6 Å². The number of aliphatic hydroxyl groups is 1. The average Bonchev–Trinajstić information content (AvgIpc) is 3.25. The van der Waals surface area contributed by atoms with Crippen LogP contribution in [0.4, 0.5) is 10.8 Å². The molecule has 0 aliphatic heterocycles. The van der Waals surface area contributed by atoms with Gasteiger partial charge >= 0.3 is 0 Å². The number of fused-ring (bicyclic) bond motifs is 2. The highest BCUT2D eigenvalue weighted by atomic mass is 32.1. The SMILES string of the molecule is C#CCN(C)C(=O)C(C)C1CCC2(C)Cc3sc(Nc4cc(OC)ccc4OC)nc3C(C)C2C1O. The number of amides is 1. The van der Waals surface area contributed by atoms with Gasteiger partial charge in [0, 0.05) is 29.8 Å². The molecule has 2 aliphatic carbocycles. The number of rotatable bonds is 7. The number of nitrogens with one attached hydrogen (secondary N) is 1. The fourth-order valence-electron chi connectivity index (χ4n) is 6.37. The third kappa shape index (κ3) is 4.67. The third-order valence-electron chi connectivity index (χ3n) is 8.31. The molecule has 0 saturated heterocycles. The highest BCUT2D eigenvalue weighted by Gasteiger charge is 2.54. The number of aromatic nitrogens is 1. The summed E-state index contributed by atoms with van der Waals surface area (Å²) in [6.45, 7) is 6.65. The topological polar surface area (TPSA) is 83.9 Å². The van der Waals surface area contributed by atoms with Gasteiger partial charge in [-0.25, -0.2) is 4.98 Å². The monoisotopic (exact) mass is 511 g/mol. The van der Waals surface area contributed by atoms with E-state index in [0.29, 0.717) is 5.75 Å². The van der Waals surface area contributed by atoms with E-state index in [1.54, 1.807) is 37.5 Å². The fourth-order valence-corrected chi connectivity index (χ4v) is 7.65. The molecule has 1 saturated carbocycles. The lowest BCUT2D eigenvalue weighted by Crippen LogP contribution is -2.53. The number of terminal acetylenes is 1. The third-order valence-corrected chi connectivity index (χ3v) is 9.29. The van der Waals surface area contributed by atoms with E-state index < -0.39 is 6.10 Å². The van der Waals surface area contributed by atoms with Crippen LogP contribution in [0.5, 0.6) is 11.5 Å². The minimum Gasteiger partial charge on any atom is -0.497 e. The Morgan fingerprint density at radius 1 is 1.42 bits per heavy atom. The lowest BCUT2D eigenvalue weighted by Gasteiger charge is -2.53. The quantitative estimate of drug-likeness (QED) is 0.525. The Balaban J connectivity index is 1.59. The Bertz CT molecular complexity index is 1160. The fraction of sp³-hybridized carbons (Fsp3) is 0.571. The van der Waals surface area contributed by atoms with E-state index in [-0.39, 0.29) is 41.5 Å². The molecule has 2 aromatic rings. The van der Waals surface area contributed by atoms with Crippen molar-refractivity contribution in [3.63, 3.8) is 0 Å². The summed E-state index contributed by atoms with van der Waals surface area (Å²) in [7, 11) is 5.01. The molecule has 1 fully saturated rings. The Labute approximate surface area is 218 Å². The first-order chi connectivity index (χ1) is 17.1. The maximum absolute atomic E-state index is 13.0. The van der Waals surface area contributed by atoms with Gasteiger partial charge in [0.05, 0.1) is 38.2 Å². The van der Waals surface area contributed by atoms with Gasteiger partial charge in [0.1, 0.15) is 11.5 Å². The number of carbonyl (C=O) groups excluding carboxylic acids is 1. The van der Waals surface area contributed by atoms with Crippen molar-refractivity contribution < 1.29 is 19.4 Å².